The van der Waals surface area contributed by atoms with E-state index in [4.69, 9.17) is 0 Å². The molecule has 1 amide bonds. The van der Waals surface area contributed by atoms with E-state index >= 15 is 0 Å². The van der Waals surface area contributed by atoms with Crippen molar-refractivity contribution in [2.45, 2.75) is 6.42 Å². The van der Waals surface area contributed by atoms with Crippen LogP contribution >= 0.6 is 0 Å². The van der Waals surface area contributed by atoms with Crippen molar-refractivity contribution in [1.29, 1.82) is 0 Å². The molecule has 0 fully saturated rings. The molecular weight excluding hydrogens is 190 g/mol. The first-order valence-electron chi connectivity index (χ1n) is 4.70. The smallest absolute Gasteiger partial charge is 0.247 e. The van der Waals surface area contributed by atoms with Gasteiger partial charge in [0.1, 0.15) is 0 Å². The summed E-state index contributed by atoms with van der Waals surface area (Å²) in [6, 6.07) is 0. The first-order chi connectivity index (χ1) is 7.31. The van der Waals surface area contributed by atoms with E-state index in [1.807, 2.05) is 18.2 Å². The van der Waals surface area contributed by atoms with Gasteiger partial charge in [-0.05, 0) is 17.2 Å². The summed E-state index contributed by atoms with van der Waals surface area (Å²) in [5.41, 5.74) is 2.83. The van der Waals surface area contributed by atoms with Crippen molar-refractivity contribution in [3.63, 3.8) is 0 Å². The van der Waals surface area contributed by atoms with Crippen LogP contribution < -0.4 is 5.32 Å². The van der Waals surface area contributed by atoms with Gasteiger partial charge < -0.3 is 5.32 Å². The summed E-state index contributed by atoms with van der Waals surface area (Å²) < 4.78 is 0. The van der Waals surface area contributed by atoms with Gasteiger partial charge in [-0.2, -0.15) is 10.2 Å². The number of rotatable bonds is 1. The number of nitrogens with zero attached hydrogens (tertiary/aromatic N) is 2. The number of allylic oxidation sites excluding steroid dienone is 5. The molecule has 0 unspecified atom stereocenters. The molecule has 1 aliphatic carbocycles. The largest absolute Gasteiger partial charge is 0.355 e. The molecule has 1 N–H and O–H groups in total. The second kappa shape index (κ2) is 4.04. The van der Waals surface area contributed by atoms with Crippen molar-refractivity contribution in [3.8, 4) is 0 Å². The monoisotopic (exact) mass is 201 g/mol. The van der Waals surface area contributed by atoms with Gasteiger partial charge in [0.25, 0.3) is 0 Å². The van der Waals surface area contributed by atoms with Crippen molar-refractivity contribution in [2.75, 3.05) is 7.05 Å². The minimum atomic E-state index is -0.0450. The van der Waals surface area contributed by atoms with Gasteiger partial charge in [-0.3, -0.25) is 4.79 Å². The van der Waals surface area contributed by atoms with Gasteiger partial charge in [-0.1, -0.05) is 12.2 Å². The van der Waals surface area contributed by atoms with E-state index in [2.05, 4.69) is 15.5 Å². The molecule has 76 valence electrons. The SMILES string of the molecule is CNC(=O)C1=CC=C2C=CN=NC=C2C1. The highest BCUT2D eigenvalue weighted by Gasteiger charge is 2.15. The van der Waals surface area contributed by atoms with Crippen molar-refractivity contribution in [1.82, 2.24) is 5.32 Å². The van der Waals surface area contributed by atoms with E-state index in [-0.39, 0.29) is 5.91 Å². The van der Waals surface area contributed by atoms with E-state index in [1.54, 1.807) is 19.4 Å². The standard InChI is InChI=1S/C11H11N3O/c1-12-11(15)9-3-2-8-4-5-13-14-7-10(8)6-9/h2-5,7H,6H2,1H3,(H,12,15). The fourth-order valence-corrected chi connectivity index (χ4v) is 1.52. The van der Waals surface area contributed by atoms with Crippen LogP contribution in [0, 0.1) is 0 Å². The van der Waals surface area contributed by atoms with Gasteiger partial charge in [-0.25, -0.2) is 0 Å². The van der Waals surface area contributed by atoms with Gasteiger partial charge in [-0.15, -0.1) is 0 Å². The number of likely N-dealkylation sites (N-methyl/N-ethyl adjacent to an activating group) is 1. The van der Waals surface area contributed by atoms with E-state index in [9.17, 15) is 4.79 Å². The Labute approximate surface area is 87.8 Å². The van der Waals surface area contributed by atoms with Gasteiger partial charge in [0.15, 0.2) is 0 Å². The molecular formula is C11H11N3O. The Morgan fingerprint density at radius 3 is 3.07 bits per heavy atom. The fourth-order valence-electron chi connectivity index (χ4n) is 1.52. The zero-order chi connectivity index (χ0) is 10.7. The van der Waals surface area contributed by atoms with Crippen LogP contribution in [-0.2, 0) is 4.79 Å². The molecule has 0 bridgehead atoms. The molecule has 0 saturated carbocycles. The summed E-state index contributed by atoms with van der Waals surface area (Å²) in [6.45, 7) is 0. The summed E-state index contributed by atoms with van der Waals surface area (Å²) in [6.07, 6.45) is 9.58. The number of hydrogen-bond acceptors (Lipinski definition) is 3. The van der Waals surface area contributed by atoms with Crippen LogP contribution in [0.15, 0.2) is 57.6 Å². The van der Waals surface area contributed by atoms with E-state index in [1.165, 1.54) is 0 Å². The Morgan fingerprint density at radius 1 is 1.40 bits per heavy atom. The highest BCUT2D eigenvalue weighted by Crippen LogP contribution is 2.26. The van der Waals surface area contributed by atoms with Crippen molar-refractivity contribution in [3.05, 3.63) is 47.3 Å². The zero-order valence-corrected chi connectivity index (χ0v) is 8.40. The van der Waals surface area contributed by atoms with Crippen LogP contribution in [0.3, 0.4) is 0 Å². The number of nitrogens with one attached hydrogen (secondary N) is 1. The van der Waals surface area contributed by atoms with Crippen LogP contribution in [-0.4, -0.2) is 13.0 Å². The number of azo groups is 1. The molecule has 1 aliphatic heterocycles. The topological polar surface area (TPSA) is 53.8 Å². The van der Waals surface area contributed by atoms with Crippen LogP contribution in [0.5, 0.6) is 0 Å². The average Bonchev–Trinajstić information content (AvgIpc) is 2.51. The highest BCUT2D eigenvalue weighted by molar-refractivity contribution is 5.94. The Balaban J connectivity index is 2.32. The molecule has 15 heavy (non-hydrogen) atoms. The number of amides is 1. The molecule has 4 heteroatoms. The second-order valence-electron chi connectivity index (χ2n) is 3.27. The Hall–Kier alpha value is -1.97. The maximum atomic E-state index is 11.4. The molecule has 0 aromatic rings. The maximum Gasteiger partial charge on any atom is 0.247 e. The molecule has 4 nitrogen and oxygen atoms in total. The third kappa shape index (κ3) is 1.93. The predicted octanol–water partition coefficient (Wildman–Crippen LogP) is 1.85. The molecule has 0 spiro atoms. The molecule has 2 aliphatic rings. The van der Waals surface area contributed by atoms with E-state index in [0.717, 1.165) is 16.7 Å². The van der Waals surface area contributed by atoms with Crippen molar-refractivity contribution >= 4 is 5.91 Å². The maximum absolute atomic E-state index is 11.4. The Kier molecular flexibility index (Phi) is 2.58. The predicted molar refractivity (Wildman–Crippen MR) is 56.9 cm³/mol. The minimum Gasteiger partial charge on any atom is -0.355 e. The lowest BCUT2D eigenvalue weighted by atomic mass is 9.93. The first-order valence-corrected chi connectivity index (χ1v) is 4.70. The number of carbonyl (C=O) groups excluding carboxylic acids is 1. The Bertz CT molecular complexity index is 439. The number of hydrogen-bond donors (Lipinski definition) is 1. The third-order valence-electron chi connectivity index (χ3n) is 2.34. The van der Waals surface area contributed by atoms with Crippen LogP contribution in [0.25, 0.3) is 0 Å². The van der Waals surface area contributed by atoms with Gasteiger partial charge in [0.05, 0.1) is 12.4 Å². The van der Waals surface area contributed by atoms with Crippen LogP contribution in [0.2, 0.25) is 0 Å². The number of carbonyl (C=O) groups is 1. The van der Waals surface area contributed by atoms with Crippen LogP contribution in [0.4, 0.5) is 0 Å². The lowest BCUT2D eigenvalue weighted by Gasteiger charge is -2.13. The summed E-state index contributed by atoms with van der Waals surface area (Å²) in [4.78, 5) is 11.4. The second-order valence-corrected chi connectivity index (χ2v) is 3.27. The molecule has 0 radical (unpaired) electrons. The van der Waals surface area contributed by atoms with Crippen molar-refractivity contribution in [2.24, 2.45) is 10.2 Å². The molecule has 0 saturated heterocycles. The third-order valence-corrected chi connectivity index (χ3v) is 2.34. The first kappa shape index (κ1) is 9.58. The zero-order valence-electron chi connectivity index (χ0n) is 8.40. The van der Waals surface area contributed by atoms with Gasteiger partial charge in [0.2, 0.25) is 5.91 Å². The molecule has 2 rings (SSSR count). The molecule has 0 aromatic carbocycles. The average molecular weight is 201 g/mol. The van der Waals surface area contributed by atoms with Crippen LogP contribution in [0.1, 0.15) is 6.42 Å². The Morgan fingerprint density at radius 2 is 2.27 bits per heavy atom. The van der Waals surface area contributed by atoms with Gasteiger partial charge >= 0.3 is 0 Å². The lowest BCUT2D eigenvalue weighted by Crippen LogP contribution is -2.21. The summed E-state index contributed by atoms with van der Waals surface area (Å²) in [5, 5.41) is 10.2. The normalized spacial score (nSPS) is 18.3. The lowest BCUT2D eigenvalue weighted by molar-refractivity contribution is -0.117. The molecule has 0 atom stereocenters. The summed E-state index contributed by atoms with van der Waals surface area (Å²) in [7, 11) is 1.63. The summed E-state index contributed by atoms with van der Waals surface area (Å²) >= 11 is 0. The summed E-state index contributed by atoms with van der Waals surface area (Å²) in [5.74, 6) is -0.0450. The highest BCUT2D eigenvalue weighted by atomic mass is 16.1. The van der Waals surface area contributed by atoms with E-state index in [0.29, 0.717) is 6.42 Å². The number of fused-ring (bicyclic) bond motifs is 1. The fraction of sp³-hybridized carbons (Fsp3) is 0.182. The molecule has 0 aromatic heterocycles. The minimum absolute atomic E-state index is 0.0450. The van der Waals surface area contributed by atoms with E-state index < -0.39 is 0 Å². The molecule has 1 heterocycles. The van der Waals surface area contributed by atoms with Crippen molar-refractivity contribution < 1.29 is 4.79 Å². The van der Waals surface area contributed by atoms with Gasteiger partial charge in [0, 0.05) is 19.0 Å². The quantitative estimate of drug-likeness (QED) is 0.691.